The molecule has 0 aromatic heterocycles. The van der Waals surface area contributed by atoms with Crippen molar-refractivity contribution >= 4 is 22.6 Å². The van der Waals surface area contributed by atoms with E-state index in [1.54, 1.807) is 31.0 Å². The van der Waals surface area contributed by atoms with Crippen molar-refractivity contribution < 1.29 is 9.13 Å². The highest BCUT2D eigenvalue weighted by Gasteiger charge is 2.23. The molecule has 0 amide bonds. The van der Waals surface area contributed by atoms with E-state index >= 15 is 0 Å². The predicted octanol–water partition coefficient (Wildman–Crippen LogP) is 3.38. The summed E-state index contributed by atoms with van der Waals surface area (Å²) in [6.45, 7) is 5.10. The number of aliphatic imine (C=N–C) groups is 1. The van der Waals surface area contributed by atoms with Gasteiger partial charge in [-0.3, -0.25) is 4.99 Å². The molecule has 0 bridgehead atoms. The molecular formula is C13H17FN2OS. The molecule has 3 nitrogen and oxygen atoms in total. The Labute approximate surface area is 111 Å². The largest absolute Gasteiger partial charge is 0.497 e. The summed E-state index contributed by atoms with van der Waals surface area (Å²) in [5, 5.41) is 3.78. The third-order valence-corrected chi connectivity index (χ3v) is 4.10. The lowest BCUT2D eigenvalue weighted by Crippen LogP contribution is -2.27. The monoisotopic (exact) mass is 268 g/mol. The van der Waals surface area contributed by atoms with Gasteiger partial charge in [-0.25, -0.2) is 4.39 Å². The molecule has 98 valence electrons. The number of amidine groups is 1. The highest BCUT2D eigenvalue weighted by Crippen LogP contribution is 2.29. The molecule has 0 radical (unpaired) electrons. The van der Waals surface area contributed by atoms with E-state index in [4.69, 9.17) is 4.74 Å². The molecule has 0 atom stereocenters. The number of rotatable bonds is 2. The quantitative estimate of drug-likeness (QED) is 0.892. The number of methoxy groups -OCH3 is 1. The molecule has 0 saturated heterocycles. The molecule has 1 heterocycles. The molecule has 0 aliphatic carbocycles. The summed E-state index contributed by atoms with van der Waals surface area (Å²) < 4.78 is 18.7. The molecule has 0 fully saturated rings. The molecule has 1 aromatic carbocycles. The maximum Gasteiger partial charge on any atom is 0.161 e. The lowest BCUT2D eigenvalue weighted by molar-refractivity contribution is 0.414. The SMILES string of the molecule is COc1ccc(F)c(NC2=NCC(C)(C)CS2)c1. The van der Waals surface area contributed by atoms with Crippen molar-refractivity contribution in [2.24, 2.45) is 10.4 Å². The topological polar surface area (TPSA) is 33.6 Å². The highest BCUT2D eigenvalue weighted by molar-refractivity contribution is 8.14. The number of hydrogen-bond acceptors (Lipinski definition) is 4. The van der Waals surface area contributed by atoms with Crippen LogP contribution >= 0.6 is 11.8 Å². The van der Waals surface area contributed by atoms with Gasteiger partial charge in [-0.2, -0.15) is 0 Å². The fraction of sp³-hybridized carbons (Fsp3) is 0.462. The Morgan fingerprint density at radius 2 is 2.22 bits per heavy atom. The van der Waals surface area contributed by atoms with Crippen LogP contribution in [0.3, 0.4) is 0 Å². The number of hydrogen-bond donors (Lipinski definition) is 1. The van der Waals surface area contributed by atoms with Crippen LogP contribution in [-0.2, 0) is 0 Å². The van der Waals surface area contributed by atoms with Gasteiger partial charge in [0.1, 0.15) is 11.6 Å². The van der Waals surface area contributed by atoms with Gasteiger partial charge in [0.25, 0.3) is 0 Å². The van der Waals surface area contributed by atoms with Gasteiger partial charge in [-0.1, -0.05) is 25.6 Å². The van der Waals surface area contributed by atoms with Crippen molar-refractivity contribution in [2.45, 2.75) is 13.8 Å². The lowest BCUT2D eigenvalue weighted by atomic mass is 9.97. The number of benzene rings is 1. The zero-order valence-corrected chi connectivity index (χ0v) is 11.6. The van der Waals surface area contributed by atoms with Gasteiger partial charge in [-0.05, 0) is 17.5 Å². The molecule has 0 spiro atoms. The normalized spacial score (nSPS) is 18.1. The number of anilines is 1. The van der Waals surface area contributed by atoms with Crippen LogP contribution in [-0.4, -0.2) is 24.6 Å². The molecule has 0 saturated carbocycles. The van der Waals surface area contributed by atoms with Crippen molar-refractivity contribution in [1.29, 1.82) is 0 Å². The van der Waals surface area contributed by atoms with E-state index in [0.29, 0.717) is 11.4 Å². The first-order valence-electron chi connectivity index (χ1n) is 5.78. The van der Waals surface area contributed by atoms with Gasteiger partial charge >= 0.3 is 0 Å². The number of thioether (sulfide) groups is 1. The highest BCUT2D eigenvalue weighted by atomic mass is 32.2. The summed E-state index contributed by atoms with van der Waals surface area (Å²) in [6.07, 6.45) is 0. The lowest BCUT2D eigenvalue weighted by Gasteiger charge is -2.27. The van der Waals surface area contributed by atoms with Crippen LogP contribution in [0.25, 0.3) is 0 Å². The third kappa shape index (κ3) is 3.16. The predicted molar refractivity (Wildman–Crippen MR) is 75.1 cm³/mol. The van der Waals surface area contributed by atoms with Gasteiger partial charge in [0.05, 0.1) is 12.8 Å². The second-order valence-corrected chi connectivity index (χ2v) is 6.01. The van der Waals surface area contributed by atoms with Crippen molar-refractivity contribution in [2.75, 3.05) is 24.7 Å². The Hall–Kier alpha value is -1.23. The van der Waals surface area contributed by atoms with E-state index in [1.807, 2.05) is 0 Å². The zero-order valence-electron chi connectivity index (χ0n) is 10.8. The molecule has 1 N–H and O–H groups in total. The molecule has 1 aliphatic heterocycles. The summed E-state index contributed by atoms with van der Waals surface area (Å²) in [5.41, 5.74) is 0.614. The molecule has 1 aromatic rings. The number of ether oxygens (including phenoxy) is 1. The molecule has 5 heteroatoms. The van der Waals surface area contributed by atoms with E-state index < -0.39 is 0 Å². The summed E-state index contributed by atoms with van der Waals surface area (Å²) in [5.74, 6) is 1.30. The van der Waals surface area contributed by atoms with E-state index in [0.717, 1.165) is 17.5 Å². The average molecular weight is 268 g/mol. The Balaban J connectivity index is 2.12. The number of halogens is 1. The first kappa shape index (κ1) is 13.2. The average Bonchev–Trinajstić information content (AvgIpc) is 2.34. The zero-order chi connectivity index (χ0) is 13.2. The molecule has 18 heavy (non-hydrogen) atoms. The van der Waals surface area contributed by atoms with Crippen LogP contribution < -0.4 is 10.1 Å². The smallest absolute Gasteiger partial charge is 0.161 e. The van der Waals surface area contributed by atoms with Crippen molar-refractivity contribution in [3.05, 3.63) is 24.0 Å². The van der Waals surface area contributed by atoms with Crippen molar-refractivity contribution in [3.8, 4) is 5.75 Å². The van der Waals surface area contributed by atoms with E-state index in [9.17, 15) is 4.39 Å². The standard InChI is InChI=1S/C13H17FN2OS/c1-13(2)7-15-12(18-8-13)16-11-6-9(17-3)4-5-10(11)14/h4-6H,7-8H2,1-3H3,(H,15,16). The summed E-state index contributed by atoms with van der Waals surface area (Å²) in [4.78, 5) is 4.44. The van der Waals surface area contributed by atoms with Crippen LogP contribution in [0.1, 0.15) is 13.8 Å². The van der Waals surface area contributed by atoms with Crippen molar-refractivity contribution in [1.82, 2.24) is 0 Å². The number of nitrogens with one attached hydrogen (secondary N) is 1. The van der Waals surface area contributed by atoms with E-state index in [-0.39, 0.29) is 11.2 Å². The fourth-order valence-electron chi connectivity index (χ4n) is 1.56. The minimum Gasteiger partial charge on any atom is -0.497 e. The summed E-state index contributed by atoms with van der Waals surface area (Å²) >= 11 is 1.62. The molecular weight excluding hydrogens is 251 g/mol. The number of nitrogens with zero attached hydrogens (tertiary/aromatic N) is 1. The summed E-state index contributed by atoms with van der Waals surface area (Å²) in [7, 11) is 1.56. The minimum atomic E-state index is -0.302. The van der Waals surface area contributed by atoms with Crippen LogP contribution in [0.15, 0.2) is 23.2 Å². The van der Waals surface area contributed by atoms with Crippen molar-refractivity contribution in [3.63, 3.8) is 0 Å². The molecule has 0 unspecified atom stereocenters. The molecule has 2 rings (SSSR count). The van der Waals surface area contributed by atoms with Crippen LogP contribution in [0.2, 0.25) is 0 Å². The molecule has 1 aliphatic rings. The van der Waals surface area contributed by atoms with Gasteiger partial charge in [-0.15, -0.1) is 0 Å². The van der Waals surface area contributed by atoms with Gasteiger partial charge in [0.2, 0.25) is 0 Å². The van der Waals surface area contributed by atoms with Crippen LogP contribution in [0.4, 0.5) is 10.1 Å². The van der Waals surface area contributed by atoms with E-state index in [2.05, 4.69) is 24.2 Å². The third-order valence-electron chi connectivity index (χ3n) is 2.67. The van der Waals surface area contributed by atoms with Crippen LogP contribution in [0, 0.1) is 11.2 Å². The summed E-state index contributed by atoms with van der Waals surface area (Å²) in [6, 6.07) is 4.62. The fourth-order valence-corrected chi connectivity index (χ4v) is 2.52. The maximum atomic E-state index is 13.6. The second-order valence-electron chi connectivity index (χ2n) is 5.05. The van der Waals surface area contributed by atoms with Gasteiger partial charge in [0, 0.05) is 18.4 Å². The Morgan fingerprint density at radius 3 is 2.83 bits per heavy atom. The van der Waals surface area contributed by atoms with Gasteiger partial charge < -0.3 is 10.1 Å². The Bertz CT molecular complexity index is 474. The first-order valence-corrected chi connectivity index (χ1v) is 6.76. The van der Waals surface area contributed by atoms with Crippen LogP contribution in [0.5, 0.6) is 5.75 Å². The maximum absolute atomic E-state index is 13.6. The second kappa shape index (κ2) is 5.18. The Kier molecular flexibility index (Phi) is 3.80. The van der Waals surface area contributed by atoms with Gasteiger partial charge in [0.15, 0.2) is 5.17 Å². The van der Waals surface area contributed by atoms with E-state index in [1.165, 1.54) is 6.07 Å². The minimum absolute atomic E-state index is 0.211. The first-order chi connectivity index (χ1) is 8.50. The Morgan fingerprint density at radius 1 is 1.44 bits per heavy atom.